The topological polar surface area (TPSA) is 122 Å². The molecular formula is C17H19N3O5. The molecule has 2 aliphatic carbocycles. The molecule has 8 heteroatoms. The number of hydrogen-bond donors (Lipinski definition) is 1. The van der Waals surface area contributed by atoms with Crippen LogP contribution in [-0.2, 0) is 25.7 Å². The molecule has 0 spiro atoms. The summed E-state index contributed by atoms with van der Waals surface area (Å²) in [5, 5.41) is 14.0. The van der Waals surface area contributed by atoms with Gasteiger partial charge in [0.05, 0.1) is 18.6 Å². The molecule has 0 unspecified atom stereocenters. The zero-order valence-electron chi connectivity index (χ0n) is 13.7. The Bertz CT molecular complexity index is 718. The zero-order chi connectivity index (χ0) is 18.0. The molecule has 1 N–H and O–H groups in total. The van der Waals surface area contributed by atoms with Gasteiger partial charge in [0.25, 0.3) is 0 Å². The molecular weight excluding hydrogens is 326 g/mol. The molecule has 1 aromatic carbocycles. The van der Waals surface area contributed by atoms with Crippen molar-refractivity contribution in [1.82, 2.24) is 0 Å². The number of aliphatic hydroxyl groups excluding tert-OH is 1. The smallest absolute Gasteiger partial charge is 0.321 e. The quantitative estimate of drug-likeness (QED) is 0.365. The molecule has 1 aromatic rings. The second-order valence-corrected chi connectivity index (χ2v) is 6.30. The Labute approximate surface area is 144 Å². The number of fused-ring (bicyclic) bond motifs is 1. The standard InChI is InChI=1S/C17H19N3O5/c1-2-24-15(22)13-11-8-12(21)17(14(11)13,19-20-18)16(23)25-9-10-6-4-3-5-7-10/h3-7,11-14,21H,2,8-9H2,1H3/t11-,12+,13-,14-,17-/m0/s1. The van der Waals surface area contributed by atoms with Crippen LogP contribution in [0.2, 0.25) is 0 Å². The van der Waals surface area contributed by atoms with E-state index in [0.29, 0.717) is 0 Å². The fraction of sp³-hybridized carbons (Fsp3) is 0.529. The van der Waals surface area contributed by atoms with E-state index in [1.807, 2.05) is 18.2 Å². The summed E-state index contributed by atoms with van der Waals surface area (Å²) in [7, 11) is 0. The molecule has 3 rings (SSSR count). The predicted octanol–water partition coefficient (Wildman–Crippen LogP) is 1.97. The van der Waals surface area contributed by atoms with Crippen LogP contribution in [0.3, 0.4) is 0 Å². The van der Waals surface area contributed by atoms with Crippen molar-refractivity contribution in [2.45, 2.75) is 31.6 Å². The lowest BCUT2D eigenvalue weighted by molar-refractivity contribution is -0.157. The Hall–Kier alpha value is -2.57. The van der Waals surface area contributed by atoms with Gasteiger partial charge < -0.3 is 14.6 Å². The average Bonchev–Trinajstić information content (AvgIpc) is 3.25. The molecule has 2 fully saturated rings. The SMILES string of the molecule is CCOC(=O)[C@H]1[C@@H]2C[C@@H](O)[C@@](N=[N+]=[N-])(C(=O)OCc3ccccc3)[C@@H]21. The van der Waals surface area contributed by atoms with Gasteiger partial charge in [0.15, 0.2) is 5.54 Å². The predicted molar refractivity (Wildman–Crippen MR) is 85.8 cm³/mol. The van der Waals surface area contributed by atoms with Crippen LogP contribution in [-0.4, -0.2) is 35.3 Å². The Balaban J connectivity index is 1.79. The summed E-state index contributed by atoms with van der Waals surface area (Å²) in [5.74, 6) is -2.60. The lowest BCUT2D eigenvalue weighted by Crippen LogP contribution is -2.49. The number of benzene rings is 1. The third kappa shape index (κ3) is 2.83. The number of rotatable bonds is 6. The Kier molecular flexibility index (Phi) is 4.65. The Morgan fingerprint density at radius 3 is 2.72 bits per heavy atom. The number of esters is 2. The van der Waals surface area contributed by atoms with Gasteiger partial charge in [-0.3, -0.25) is 9.59 Å². The molecule has 0 heterocycles. The zero-order valence-corrected chi connectivity index (χ0v) is 13.7. The van der Waals surface area contributed by atoms with Crippen LogP contribution in [0.4, 0.5) is 0 Å². The van der Waals surface area contributed by atoms with Gasteiger partial charge in [-0.1, -0.05) is 35.4 Å². The van der Waals surface area contributed by atoms with E-state index in [9.17, 15) is 14.7 Å². The van der Waals surface area contributed by atoms with Gasteiger partial charge in [-0.25, -0.2) is 0 Å². The highest BCUT2D eigenvalue weighted by atomic mass is 16.5. The largest absolute Gasteiger partial charge is 0.466 e. The van der Waals surface area contributed by atoms with Crippen LogP contribution in [0, 0.1) is 17.8 Å². The van der Waals surface area contributed by atoms with Gasteiger partial charge in [-0.05, 0) is 30.4 Å². The highest BCUT2D eigenvalue weighted by molar-refractivity contribution is 5.88. The maximum atomic E-state index is 12.7. The van der Waals surface area contributed by atoms with Gasteiger partial charge in [0.1, 0.15) is 6.61 Å². The summed E-state index contributed by atoms with van der Waals surface area (Å²) in [6, 6.07) is 9.04. The Morgan fingerprint density at radius 2 is 2.08 bits per heavy atom. The number of aliphatic hydroxyl groups is 1. The van der Waals surface area contributed by atoms with Crippen LogP contribution in [0.5, 0.6) is 0 Å². The first kappa shape index (κ1) is 17.3. The van der Waals surface area contributed by atoms with E-state index >= 15 is 0 Å². The van der Waals surface area contributed by atoms with Gasteiger partial charge in [0.2, 0.25) is 0 Å². The lowest BCUT2D eigenvalue weighted by atomic mass is 9.88. The normalized spacial score (nSPS) is 32.2. The molecule has 0 bridgehead atoms. The summed E-state index contributed by atoms with van der Waals surface area (Å²) in [5.41, 5.74) is 7.93. The van der Waals surface area contributed by atoms with E-state index in [2.05, 4.69) is 10.0 Å². The minimum Gasteiger partial charge on any atom is -0.466 e. The first-order valence-electron chi connectivity index (χ1n) is 8.18. The van der Waals surface area contributed by atoms with Crippen LogP contribution < -0.4 is 0 Å². The van der Waals surface area contributed by atoms with E-state index in [1.54, 1.807) is 19.1 Å². The van der Waals surface area contributed by atoms with Gasteiger partial charge in [-0.15, -0.1) is 0 Å². The molecule has 132 valence electrons. The number of carbonyl (C=O) groups excluding carboxylic acids is 2. The van der Waals surface area contributed by atoms with Crippen molar-refractivity contribution in [3.63, 3.8) is 0 Å². The average molecular weight is 345 g/mol. The number of carbonyl (C=O) groups is 2. The molecule has 2 aliphatic rings. The van der Waals surface area contributed by atoms with E-state index in [-0.39, 0.29) is 25.6 Å². The molecule has 25 heavy (non-hydrogen) atoms. The molecule has 0 amide bonds. The summed E-state index contributed by atoms with van der Waals surface area (Å²) in [4.78, 5) is 27.5. The summed E-state index contributed by atoms with van der Waals surface area (Å²) >= 11 is 0. The minimum atomic E-state index is -1.77. The van der Waals surface area contributed by atoms with Crippen molar-refractivity contribution in [2.75, 3.05) is 6.61 Å². The molecule has 0 aromatic heterocycles. The van der Waals surface area contributed by atoms with Crippen molar-refractivity contribution in [1.29, 1.82) is 0 Å². The number of nitrogens with zero attached hydrogens (tertiary/aromatic N) is 3. The summed E-state index contributed by atoms with van der Waals surface area (Å²) in [6.07, 6.45) is -0.972. The highest BCUT2D eigenvalue weighted by Gasteiger charge is 2.75. The molecule has 8 nitrogen and oxygen atoms in total. The van der Waals surface area contributed by atoms with Gasteiger partial charge in [-0.2, -0.15) is 0 Å². The first-order chi connectivity index (χ1) is 12.1. The third-order valence-electron chi connectivity index (χ3n) is 4.99. The van der Waals surface area contributed by atoms with Crippen molar-refractivity contribution in [2.24, 2.45) is 22.9 Å². The highest BCUT2D eigenvalue weighted by Crippen LogP contribution is 2.64. The Morgan fingerprint density at radius 1 is 1.36 bits per heavy atom. The maximum absolute atomic E-state index is 12.7. The van der Waals surface area contributed by atoms with Gasteiger partial charge >= 0.3 is 11.9 Å². The molecule has 0 aliphatic heterocycles. The molecule has 0 saturated heterocycles. The summed E-state index contributed by atoms with van der Waals surface area (Å²) < 4.78 is 10.3. The van der Waals surface area contributed by atoms with Crippen LogP contribution in [0.1, 0.15) is 18.9 Å². The molecule has 2 saturated carbocycles. The summed E-state index contributed by atoms with van der Waals surface area (Å²) in [6.45, 7) is 1.92. The van der Waals surface area contributed by atoms with Crippen LogP contribution in [0.15, 0.2) is 35.4 Å². The van der Waals surface area contributed by atoms with E-state index < -0.39 is 35.4 Å². The second kappa shape index (κ2) is 6.74. The van der Waals surface area contributed by atoms with Crippen molar-refractivity contribution in [3.8, 4) is 0 Å². The molecule has 0 radical (unpaired) electrons. The third-order valence-corrected chi connectivity index (χ3v) is 4.99. The van der Waals surface area contributed by atoms with E-state index in [4.69, 9.17) is 15.0 Å². The fourth-order valence-electron chi connectivity index (χ4n) is 3.85. The van der Waals surface area contributed by atoms with Crippen molar-refractivity contribution < 1.29 is 24.2 Å². The number of ether oxygens (including phenoxy) is 2. The monoisotopic (exact) mass is 345 g/mol. The first-order valence-corrected chi connectivity index (χ1v) is 8.18. The van der Waals surface area contributed by atoms with E-state index in [0.717, 1.165) is 5.56 Å². The van der Waals surface area contributed by atoms with E-state index in [1.165, 1.54) is 0 Å². The molecule has 5 atom stereocenters. The van der Waals surface area contributed by atoms with Crippen molar-refractivity contribution >= 4 is 11.9 Å². The number of azide groups is 1. The van der Waals surface area contributed by atoms with Gasteiger partial charge in [0, 0.05) is 10.8 Å². The maximum Gasteiger partial charge on any atom is 0.321 e. The second-order valence-electron chi connectivity index (χ2n) is 6.30. The lowest BCUT2D eigenvalue weighted by Gasteiger charge is -2.28. The fourth-order valence-corrected chi connectivity index (χ4v) is 3.85. The van der Waals surface area contributed by atoms with Crippen molar-refractivity contribution in [3.05, 3.63) is 46.3 Å². The van der Waals surface area contributed by atoms with Crippen LogP contribution >= 0.6 is 0 Å². The van der Waals surface area contributed by atoms with Crippen LogP contribution in [0.25, 0.3) is 10.4 Å². The number of hydrogen-bond acceptors (Lipinski definition) is 6. The minimum absolute atomic E-state index is 0.00342.